The van der Waals surface area contributed by atoms with Crippen molar-refractivity contribution in [3.8, 4) is 5.75 Å². The molecule has 0 saturated heterocycles. The molecule has 1 unspecified atom stereocenters. The van der Waals surface area contributed by atoms with Crippen LogP contribution < -0.4 is 10.5 Å². The summed E-state index contributed by atoms with van der Waals surface area (Å²) < 4.78 is 18.9. The molecule has 0 bridgehead atoms. The van der Waals surface area contributed by atoms with E-state index in [4.69, 9.17) is 10.5 Å². The number of ether oxygens (including phenoxy) is 1. The lowest BCUT2D eigenvalue weighted by atomic mass is 10.1. The predicted molar refractivity (Wildman–Crippen MR) is 58.2 cm³/mol. The van der Waals surface area contributed by atoms with Gasteiger partial charge in [-0.15, -0.1) is 0 Å². The van der Waals surface area contributed by atoms with Crippen LogP contribution in [0, 0.1) is 5.82 Å². The summed E-state index contributed by atoms with van der Waals surface area (Å²) in [5.74, 6) is -1.36. The SMILES string of the molecule is NC(=O)c1c(F)cccc1OC1CCC(=O)C1. The number of benzene rings is 1. The summed E-state index contributed by atoms with van der Waals surface area (Å²) in [7, 11) is 0. The van der Waals surface area contributed by atoms with Crippen molar-refractivity contribution in [3.05, 3.63) is 29.6 Å². The van der Waals surface area contributed by atoms with Gasteiger partial charge in [0.25, 0.3) is 5.91 Å². The molecule has 1 aliphatic carbocycles. The number of primary amides is 1. The van der Waals surface area contributed by atoms with Crippen LogP contribution in [0.5, 0.6) is 5.75 Å². The zero-order valence-electron chi connectivity index (χ0n) is 9.11. The molecule has 17 heavy (non-hydrogen) atoms. The quantitative estimate of drug-likeness (QED) is 0.864. The smallest absolute Gasteiger partial charge is 0.255 e. The van der Waals surface area contributed by atoms with Gasteiger partial charge in [0, 0.05) is 12.8 Å². The van der Waals surface area contributed by atoms with Gasteiger partial charge in [-0.3, -0.25) is 9.59 Å². The van der Waals surface area contributed by atoms with Crippen molar-refractivity contribution in [2.24, 2.45) is 5.73 Å². The molecule has 2 rings (SSSR count). The van der Waals surface area contributed by atoms with Gasteiger partial charge in [-0.2, -0.15) is 0 Å². The minimum absolute atomic E-state index is 0.109. The molecule has 1 aromatic carbocycles. The van der Waals surface area contributed by atoms with E-state index < -0.39 is 11.7 Å². The van der Waals surface area contributed by atoms with Gasteiger partial charge in [-0.1, -0.05) is 6.07 Å². The molecule has 5 heteroatoms. The highest BCUT2D eigenvalue weighted by Crippen LogP contribution is 2.26. The van der Waals surface area contributed by atoms with Crippen molar-refractivity contribution in [1.82, 2.24) is 0 Å². The van der Waals surface area contributed by atoms with Crippen LogP contribution in [0.1, 0.15) is 29.6 Å². The maximum Gasteiger partial charge on any atom is 0.255 e. The number of carbonyl (C=O) groups excluding carboxylic acids is 2. The molecule has 4 nitrogen and oxygen atoms in total. The second kappa shape index (κ2) is 4.53. The summed E-state index contributed by atoms with van der Waals surface area (Å²) >= 11 is 0. The van der Waals surface area contributed by atoms with E-state index in [0.29, 0.717) is 19.3 Å². The predicted octanol–water partition coefficient (Wildman–Crippen LogP) is 1.43. The van der Waals surface area contributed by atoms with Crippen LogP contribution in [0.4, 0.5) is 4.39 Å². The lowest BCUT2D eigenvalue weighted by Gasteiger charge is -2.14. The molecule has 0 heterocycles. The first-order valence-corrected chi connectivity index (χ1v) is 5.34. The Kier molecular flexibility index (Phi) is 3.08. The van der Waals surface area contributed by atoms with Crippen LogP contribution in [0.25, 0.3) is 0 Å². The molecular weight excluding hydrogens is 225 g/mol. The lowest BCUT2D eigenvalue weighted by Crippen LogP contribution is -2.19. The van der Waals surface area contributed by atoms with E-state index in [-0.39, 0.29) is 23.2 Å². The molecular formula is C12H12FNO3. The third-order valence-electron chi connectivity index (χ3n) is 2.72. The van der Waals surface area contributed by atoms with Gasteiger partial charge in [0.05, 0.1) is 0 Å². The molecule has 0 aromatic heterocycles. The van der Waals surface area contributed by atoms with Crippen LogP contribution >= 0.6 is 0 Å². The van der Waals surface area contributed by atoms with E-state index in [1.165, 1.54) is 12.1 Å². The molecule has 0 radical (unpaired) electrons. The number of halogens is 1. The minimum atomic E-state index is -0.873. The Hall–Kier alpha value is -1.91. The zero-order valence-corrected chi connectivity index (χ0v) is 9.11. The van der Waals surface area contributed by atoms with E-state index in [0.717, 1.165) is 6.07 Å². The minimum Gasteiger partial charge on any atom is -0.489 e. The number of carbonyl (C=O) groups is 2. The fourth-order valence-electron chi connectivity index (χ4n) is 1.90. The molecule has 2 N–H and O–H groups in total. The van der Waals surface area contributed by atoms with E-state index in [9.17, 15) is 14.0 Å². The van der Waals surface area contributed by atoms with Crippen LogP contribution in [-0.4, -0.2) is 17.8 Å². The average Bonchev–Trinajstić information content (AvgIpc) is 2.63. The summed E-state index contributed by atoms with van der Waals surface area (Å²) in [5, 5.41) is 0. The second-order valence-electron chi connectivity index (χ2n) is 4.00. The third-order valence-corrected chi connectivity index (χ3v) is 2.72. The second-order valence-corrected chi connectivity index (χ2v) is 4.00. The highest BCUT2D eigenvalue weighted by atomic mass is 19.1. The van der Waals surface area contributed by atoms with Gasteiger partial charge < -0.3 is 10.5 Å². The van der Waals surface area contributed by atoms with E-state index in [1.54, 1.807) is 0 Å². The van der Waals surface area contributed by atoms with Crippen LogP contribution in [0.3, 0.4) is 0 Å². The number of hydrogen-bond donors (Lipinski definition) is 1. The highest BCUT2D eigenvalue weighted by Gasteiger charge is 2.25. The van der Waals surface area contributed by atoms with Crippen molar-refractivity contribution < 1.29 is 18.7 Å². The van der Waals surface area contributed by atoms with Gasteiger partial charge in [0.2, 0.25) is 0 Å². The van der Waals surface area contributed by atoms with Crippen LogP contribution in [0.15, 0.2) is 18.2 Å². The molecule has 0 spiro atoms. The summed E-state index contributed by atoms with van der Waals surface area (Å²) in [6.45, 7) is 0. The molecule has 90 valence electrons. The lowest BCUT2D eigenvalue weighted by molar-refractivity contribution is -0.117. The molecule has 1 aliphatic rings. The first kappa shape index (κ1) is 11.6. The summed E-state index contributed by atoms with van der Waals surface area (Å²) in [6.07, 6.45) is 1.07. The summed E-state index contributed by atoms with van der Waals surface area (Å²) in [4.78, 5) is 22.2. The summed E-state index contributed by atoms with van der Waals surface area (Å²) in [6, 6.07) is 4.06. The standard InChI is InChI=1S/C12H12FNO3/c13-9-2-1-3-10(11(9)12(14)16)17-8-5-4-7(15)6-8/h1-3,8H,4-6H2,(H2,14,16). The van der Waals surface area contributed by atoms with Gasteiger partial charge >= 0.3 is 0 Å². The highest BCUT2D eigenvalue weighted by molar-refractivity contribution is 5.95. The van der Waals surface area contributed by atoms with Gasteiger partial charge in [0.1, 0.15) is 29.0 Å². The van der Waals surface area contributed by atoms with E-state index in [1.807, 2.05) is 0 Å². The van der Waals surface area contributed by atoms with Crippen molar-refractivity contribution in [3.63, 3.8) is 0 Å². The van der Waals surface area contributed by atoms with Gasteiger partial charge in [-0.25, -0.2) is 4.39 Å². The number of amides is 1. The van der Waals surface area contributed by atoms with Gasteiger partial charge in [0.15, 0.2) is 0 Å². The van der Waals surface area contributed by atoms with E-state index in [2.05, 4.69) is 0 Å². The van der Waals surface area contributed by atoms with Crippen molar-refractivity contribution in [1.29, 1.82) is 0 Å². The fourth-order valence-corrected chi connectivity index (χ4v) is 1.90. The van der Waals surface area contributed by atoms with E-state index >= 15 is 0 Å². The maximum atomic E-state index is 13.4. The number of rotatable bonds is 3. The topological polar surface area (TPSA) is 69.4 Å². The van der Waals surface area contributed by atoms with Crippen LogP contribution in [0.2, 0.25) is 0 Å². The average molecular weight is 237 g/mol. The molecule has 1 fully saturated rings. The summed E-state index contributed by atoms with van der Waals surface area (Å²) in [5.41, 5.74) is 4.83. The number of ketones is 1. The third kappa shape index (κ3) is 2.43. The molecule has 0 aliphatic heterocycles. The largest absolute Gasteiger partial charge is 0.489 e. The Balaban J connectivity index is 2.23. The first-order chi connectivity index (χ1) is 8.08. The Morgan fingerprint density at radius 2 is 2.24 bits per heavy atom. The van der Waals surface area contributed by atoms with Crippen molar-refractivity contribution in [2.75, 3.05) is 0 Å². The fraction of sp³-hybridized carbons (Fsp3) is 0.333. The van der Waals surface area contributed by atoms with Gasteiger partial charge in [-0.05, 0) is 18.6 Å². The Labute approximate surface area is 97.6 Å². The zero-order chi connectivity index (χ0) is 12.4. The molecule has 1 amide bonds. The number of Topliss-reactive ketones (excluding diaryl/α,β-unsaturated/α-hetero) is 1. The maximum absolute atomic E-state index is 13.4. The first-order valence-electron chi connectivity index (χ1n) is 5.34. The Bertz CT molecular complexity index is 473. The Morgan fingerprint density at radius 1 is 1.47 bits per heavy atom. The monoisotopic (exact) mass is 237 g/mol. The molecule has 1 aromatic rings. The van der Waals surface area contributed by atoms with Crippen molar-refractivity contribution >= 4 is 11.7 Å². The molecule has 1 atom stereocenters. The number of nitrogens with two attached hydrogens (primary N) is 1. The van der Waals surface area contributed by atoms with Crippen LogP contribution in [-0.2, 0) is 4.79 Å². The number of hydrogen-bond acceptors (Lipinski definition) is 3. The normalized spacial score (nSPS) is 19.4. The molecule has 1 saturated carbocycles. The van der Waals surface area contributed by atoms with Crippen molar-refractivity contribution in [2.45, 2.75) is 25.4 Å². The Morgan fingerprint density at radius 3 is 2.82 bits per heavy atom.